The van der Waals surface area contributed by atoms with Crippen molar-refractivity contribution in [2.75, 3.05) is 6.54 Å². The average molecular weight is 258 g/mol. The first-order valence-electron chi connectivity index (χ1n) is 7.39. The van der Waals surface area contributed by atoms with Crippen LogP contribution in [0.15, 0.2) is 24.3 Å². The van der Waals surface area contributed by atoms with E-state index in [1.54, 1.807) is 0 Å². The molecule has 0 spiro atoms. The molecule has 0 radical (unpaired) electrons. The van der Waals surface area contributed by atoms with E-state index in [1.165, 1.54) is 24.0 Å². The number of rotatable bonds is 5. The van der Waals surface area contributed by atoms with Gasteiger partial charge < -0.3 is 10.2 Å². The molecule has 1 aromatic carbocycles. The van der Waals surface area contributed by atoms with Gasteiger partial charge in [-0.1, -0.05) is 31.2 Å². The van der Waals surface area contributed by atoms with Gasteiger partial charge in [-0.25, -0.2) is 0 Å². The number of aryl methyl sites for hydroxylation is 1. The second-order valence-corrected chi connectivity index (χ2v) is 5.66. The molecule has 1 heterocycles. The third kappa shape index (κ3) is 2.81. The number of likely N-dealkylation sites (tertiary alicyclic amines) is 1. The lowest BCUT2D eigenvalue weighted by Gasteiger charge is -2.19. The maximum Gasteiger partial charge on any atom is 0.240 e. The third-order valence-electron chi connectivity index (χ3n) is 4.17. The zero-order valence-electron chi connectivity index (χ0n) is 11.6. The molecule has 1 aliphatic heterocycles. The summed E-state index contributed by atoms with van der Waals surface area (Å²) in [6.07, 6.45) is 4.47. The Morgan fingerprint density at radius 2 is 1.95 bits per heavy atom. The van der Waals surface area contributed by atoms with E-state index < -0.39 is 0 Å². The van der Waals surface area contributed by atoms with Crippen LogP contribution in [-0.2, 0) is 17.8 Å². The second-order valence-electron chi connectivity index (χ2n) is 5.66. The first-order valence-corrected chi connectivity index (χ1v) is 7.39. The van der Waals surface area contributed by atoms with Crippen LogP contribution < -0.4 is 5.32 Å². The summed E-state index contributed by atoms with van der Waals surface area (Å²) in [7, 11) is 0. The van der Waals surface area contributed by atoms with E-state index in [0.29, 0.717) is 6.04 Å². The van der Waals surface area contributed by atoms with Gasteiger partial charge in [-0.3, -0.25) is 4.79 Å². The van der Waals surface area contributed by atoms with Crippen molar-refractivity contribution >= 4 is 5.91 Å². The quantitative estimate of drug-likeness (QED) is 0.877. The van der Waals surface area contributed by atoms with Crippen LogP contribution in [0.2, 0.25) is 0 Å². The van der Waals surface area contributed by atoms with Crippen molar-refractivity contribution in [3.8, 4) is 0 Å². The van der Waals surface area contributed by atoms with Crippen molar-refractivity contribution in [2.24, 2.45) is 0 Å². The largest absolute Gasteiger partial charge is 0.337 e. The SMILES string of the molecule is CCc1ccccc1CN1CCC(NC2CC2)C1=O. The van der Waals surface area contributed by atoms with Gasteiger partial charge >= 0.3 is 0 Å². The minimum absolute atomic E-state index is 0.0706. The highest BCUT2D eigenvalue weighted by Gasteiger charge is 2.35. The van der Waals surface area contributed by atoms with Crippen molar-refractivity contribution in [3.63, 3.8) is 0 Å². The van der Waals surface area contributed by atoms with Gasteiger partial charge in [0.15, 0.2) is 0 Å². The van der Waals surface area contributed by atoms with Crippen LogP contribution in [0.25, 0.3) is 0 Å². The number of carbonyl (C=O) groups is 1. The Balaban J connectivity index is 1.65. The molecule has 3 nitrogen and oxygen atoms in total. The molecule has 2 fully saturated rings. The van der Waals surface area contributed by atoms with Crippen LogP contribution in [0, 0.1) is 0 Å². The molecular weight excluding hydrogens is 236 g/mol. The van der Waals surface area contributed by atoms with Crippen molar-refractivity contribution in [1.29, 1.82) is 0 Å². The summed E-state index contributed by atoms with van der Waals surface area (Å²) in [4.78, 5) is 14.3. The molecule has 102 valence electrons. The Morgan fingerprint density at radius 3 is 2.63 bits per heavy atom. The van der Waals surface area contributed by atoms with Gasteiger partial charge in [-0.05, 0) is 36.8 Å². The summed E-state index contributed by atoms with van der Waals surface area (Å²) in [5, 5.41) is 3.46. The standard InChI is InChI=1S/C16H22N2O/c1-2-12-5-3-4-6-13(12)11-18-10-9-15(16(18)19)17-14-7-8-14/h3-6,14-15,17H,2,7-11H2,1H3. The van der Waals surface area contributed by atoms with Crippen LogP contribution in [0.5, 0.6) is 0 Å². The van der Waals surface area contributed by atoms with Crippen LogP contribution in [0.4, 0.5) is 0 Å². The molecule has 1 saturated heterocycles. The normalized spacial score (nSPS) is 23.1. The van der Waals surface area contributed by atoms with E-state index in [1.807, 2.05) is 4.90 Å². The smallest absolute Gasteiger partial charge is 0.240 e. The van der Waals surface area contributed by atoms with Gasteiger partial charge in [0, 0.05) is 19.1 Å². The first kappa shape index (κ1) is 12.7. The zero-order chi connectivity index (χ0) is 13.2. The maximum absolute atomic E-state index is 12.3. The molecular formula is C16H22N2O. The number of nitrogens with one attached hydrogen (secondary N) is 1. The lowest BCUT2D eigenvalue weighted by molar-refractivity contribution is -0.130. The van der Waals surface area contributed by atoms with Crippen molar-refractivity contribution in [2.45, 2.75) is 51.2 Å². The number of hydrogen-bond donors (Lipinski definition) is 1. The summed E-state index contributed by atoms with van der Waals surface area (Å²) in [6, 6.07) is 9.13. The van der Waals surface area contributed by atoms with Crippen molar-refractivity contribution in [1.82, 2.24) is 10.2 Å². The fourth-order valence-corrected chi connectivity index (χ4v) is 2.85. The van der Waals surface area contributed by atoms with Crippen LogP contribution in [-0.4, -0.2) is 29.4 Å². The molecule has 1 amide bonds. The van der Waals surface area contributed by atoms with Crippen molar-refractivity contribution in [3.05, 3.63) is 35.4 Å². The molecule has 3 rings (SSSR count). The van der Waals surface area contributed by atoms with Crippen LogP contribution in [0.3, 0.4) is 0 Å². The highest BCUT2D eigenvalue weighted by atomic mass is 16.2. The topological polar surface area (TPSA) is 32.3 Å². The minimum atomic E-state index is 0.0706. The summed E-state index contributed by atoms with van der Waals surface area (Å²) >= 11 is 0. The van der Waals surface area contributed by atoms with Gasteiger partial charge in [0.05, 0.1) is 6.04 Å². The Hall–Kier alpha value is -1.35. The molecule has 2 aliphatic rings. The summed E-state index contributed by atoms with van der Waals surface area (Å²) in [6.45, 7) is 3.83. The van der Waals surface area contributed by atoms with E-state index in [-0.39, 0.29) is 11.9 Å². The molecule has 3 heteroatoms. The van der Waals surface area contributed by atoms with Gasteiger partial charge in [0.1, 0.15) is 0 Å². The Labute approximate surface area is 115 Å². The Kier molecular flexibility index (Phi) is 3.56. The van der Waals surface area contributed by atoms with E-state index in [9.17, 15) is 4.79 Å². The molecule has 0 bridgehead atoms. The van der Waals surface area contributed by atoms with E-state index in [4.69, 9.17) is 0 Å². The van der Waals surface area contributed by atoms with Crippen LogP contribution >= 0.6 is 0 Å². The first-order chi connectivity index (χ1) is 9.28. The maximum atomic E-state index is 12.3. The van der Waals surface area contributed by atoms with Gasteiger partial charge in [0.2, 0.25) is 5.91 Å². The van der Waals surface area contributed by atoms with E-state index >= 15 is 0 Å². The van der Waals surface area contributed by atoms with E-state index in [0.717, 1.165) is 25.9 Å². The number of hydrogen-bond acceptors (Lipinski definition) is 2. The highest BCUT2D eigenvalue weighted by molar-refractivity contribution is 5.84. The molecule has 1 aliphatic carbocycles. The third-order valence-corrected chi connectivity index (χ3v) is 4.17. The number of amides is 1. The van der Waals surface area contributed by atoms with Gasteiger partial charge in [0.25, 0.3) is 0 Å². The summed E-state index contributed by atoms with van der Waals surface area (Å²) < 4.78 is 0. The molecule has 1 atom stereocenters. The predicted octanol–water partition coefficient (Wildman–Crippen LogP) is 2.10. The number of benzene rings is 1. The molecule has 0 aromatic heterocycles. The fourth-order valence-electron chi connectivity index (χ4n) is 2.85. The Morgan fingerprint density at radius 1 is 1.21 bits per heavy atom. The zero-order valence-corrected chi connectivity index (χ0v) is 11.6. The Bertz CT molecular complexity index is 468. The lowest BCUT2D eigenvalue weighted by Crippen LogP contribution is -2.39. The molecule has 1 unspecified atom stereocenters. The predicted molar refractivity (Wildman–Crippen MR) is 75.8 cm³/mol. The van der Waals surface area contributed by atoms with E-state index in [2.05, 4.69) is 36.5 Å². The van der Waals surface area contributed by atoms with Crippen LogP contribution in [0.1, 0.15) is 37.3 Å². The summed E-state index contributed by atoms with van der Waals surface area (Å²) in [5.74, 6) is 0.290. The van der Waals surface area contributed by atoms with Gasteiger partial charge in [-0.15, -0.1) is 0 Å². The molecule has 1 saturated carbocycles. The minimum Gasteiger partial charge on any atom is -0.337 e. The number of nitrogens with zero attached hydrogens (tertiary/aromatic N) is 1. The van der Waals surface area contributed by atoms with Gasteiger partial charge in [-0.2, -0.15) is 0 Å². The average Bonchev–Trinajstić information content (AvgIpc) is 3.19. The highest BCUT2D eigenvalue weighted by Crippen LogP contribution is 2.23. The summed E-state index contributed by atoms with van der Waals surface area (Å²) in [5.41, 5.74) is 2.65. The molecule has 1 aromatic rings. The van der Waals surface area contributed by atoms with Crippen molar-refractivity contribution < 1.29 is 4.79 Å². The fraction of sp³-hybridized carbons (Fsp3) is 0.562. The number of carbonyl (C=O) groups excluding carboxylic acids is 1. The molecule has 19 heavy (non-hydrogen) atoms. The monoisotopic (exact) mass is 258 g/mol. The lowest BCUT2D eigenvalue weighted by atomic mass is 10.1. The molecule has 1 N–H and O–H groups in total. The second kappa shape index (κ2) is 5.33.